The molecule has 1 aliphatic rings. The first-order chi connectivity index (χ1) is 10.7. The number of thioether (sulfide) groups is 1. The summed E-state index contributed by atoms with van der Waals surface area (Å²) >= 11 is 0.886. The van der Waals surface area contributed by atoms with E-state index in [1.807, 2.05) is 30.3 Å². The van der Waals surface area contributed by atoms with Crippen LogP contribution in [0.2, 0.25) is 0 Å². The molecule has 0 bridgehead atoms. The zero-order valence-corrected chi connectivity index (χ0v) is 12.9. The van der Waals surface area contributed by atoms with Crippen LogP contribution >= 0.6 is 11.8 Å². The molecule has 2 aromatic rings. The maximum absolute atomic E-state index is 11.5. The van der Waals surface area contributed by atoms with E-state index in [0.29, 0.717) is 10.7 Å². The van der Waals surface area contributed by atoms with Crippen molar-refractivity contribution in [2.24, 2.45) is 0 Å². The van der Waals surface area contributed by atoms with Gasteiger partial charge in [-0.2, -0.15) is 0 Å². The molecule has 0 radical (unpaired) electrons. The standard InChI is InChI=1S/C17H15NO3S/c1-2-5-11-6-3-4-7-13(11)14-9-8-12(21-14)10-15-16(19)18-17(20)22-15/h3-4,6-10H,2,5H2,1H3,(H,18,19,20)/b15-10-. The van der Waals surface area contributed by atoms with Crippen molar-refractivity contribution in [3.8, 4) is 11.3 Å². The Morgan fingerprint density at radius 1 is 1.18 bits per heavy atom. The Labute approximate surface area is 132 Å². The van der Waals surface area contributed by atoms with Crippen LogP contribution in [0.25, 0.3) is 17.4 Å². The third kappa shape index (κ3) is 2.99. The van der Waals surface area contributed by atoms with E-state index in [-0.39, 0.29) is 11.1 Å². The summed E-state index contributed by atoms with van der Waals surface area (Å²) in [4.78, 5) is 23.1. The second-order valence-corrected chi connectivity index (χ2v) is 5.98. The first-order valence-electron chi connectivity index (χ1n) is 7.10. The van der Waals surface area contributed by atoms with Gasteiger partial charge in [0.05, 0.1) is 4.91 Å². The Bertz CT molecular complexity index is 761. The van der Waals surface area contributed by atoms with E-state index in [2.05, 4.69) is 18.3 Å². The smallest absolute Gasteiger partial charge is 0.290 e. The molecule has 2 amide bonds. The van der Waals surface area contributed by atoms with Crippen LogP contribution in [0, 0.1) is 0 Å². The third-order valence-electron chi connectivity index (χ3n) is 3.34. The number of amides is 2. The van der Waals surface area contributed by atoms with Gasteiger partial charge in [-0.3, -0.25) is 14.9 Å². The number of hydrogen-bond acceptors (Lipinski definition) is 4. The monoisotopic (exact) mass is 313 g/mol. The van der Waals surface area contributed by atoms with Gasteiger partial charge in [0.15, 0.2) is 0 Å². The summed E-state index contributed by atoms with van der Waals surface area (Å²) in [5, 5.41) is 1.88. The topological polar surface area (TPSA) is 59.3 Å². The molecule has 0 saturated carbocycles. The quantitative estimate of drug-likeness (QED) is 0.858. The van der Waals surface area contributed by atoms with Crippen molar-refractivity contribution in [2.45, 2.75) is 19.8 Å². The minimum Gasteiger partial charge on any atom is -0.457 e. The highest BCUT2D eigenvalue weighted by Crippen LogP contribution is 2.30. The molecule has 5 heteroatoms. The number of carbonyl (C=O) groups excluding carboxylic acids is 2. The fourth-order valence-electron chi connectivity index (χ4n) is 2.37. The predicted octanol–water partition coefficient (Wildman–Crippen LogP) is 4.22. The van der Waals surface area contributed by atoms with Gasteiger partial charge in [-0.15, -0.1) is 0 Å². The van der Waals surface area contributed by atoms with E-state index in [4.69, 9.17) is 4.42 Å². The molecule has 1 aromatic heterocycles. The fraction of sp³-hybridized carbons (Fsp3) is 0.176. The highest BCUT2D eigenvalue weighted by atomic mass is 32.2. The average Bonchev–Trinajstić information content (AvgIpc) is 3.07. The highest BCUT2D eigenvalue weighted by Gasteiger charge is 2.25. The van der Waals surface area contributed by atoms with Crippen LogP contribution in [0.15, 0.2) is 45.7 Å². The van der Waals surface area contributed by atoms with Crippen molar-refractivity contribution in [1.29, 1.82) is 0 Å². The number of carbonyl (C=O) groups is 2. The van der Waals surface area contributed by atoms with Crippen molar-refractivity contribution in [3.05, 3.63) is 52.6 Å². The number of furan rings is 1. The zero-order valence-electron chi connectivity index (χ0n) is 12.1. The molecule has 1 aliphatic heterocycles. The van der Waals surface area contributed by atoms with Gasteiger partial charge >= 0.3 is 0 Å². The summed E-state index contributed by atoms with van der Waals surface area (Å²) in [6, 6.07) is 11.8. The van der Waals surface area contributed by atoms with E-state index < -0.39 is 0 Å². The molecule has 0 aliphatic carbocycles. The summed E-state index contributed by atoms with van der Waals surface area (Å²) in [6.45, 7) is 2.14. The highest BCUT2D eigenvalue weighted by molar-refractivity contribution is 8.18. The normalized spacial score (nSPS) is 16.3. The molecule has 4 nitrogen and oxygen atoms in total. The van der Waals surface area contributed by atoms with Crippen molar-refractivity contribution in [3.63, 3.8) is 0 Å². The number of hydrogen-bond donors (Lipinski definition) is 1. The zero-order chi connectivity index (χ0) is 15.5. The van der Waals surface area contributed by atoms with Crippen LogP contribution in [-0.2, 0) is 11.2 Å². The Kier molecular flexibility index (Phi) is 4.15. The molecule has 1 fully saturated rings. The first-order valence-corrected chi connectivity index (χ1v) is 7.92. The first kappa shape index (κ1) is 14.7. The molecule has 2 heterocycles. The second kappa shape index (κ2) is 6.23. The fourth-order valence-corrected chi connectivity index (χ4v) is 3.04. The number of imide groups is 1. The van der Waals surface area contributed by atoms with Gasteiger partial charge < -0.3 is 4.42 Å². The van der Waals surface area contributed by atoms with Crippen LogP contribution in [0.4, 0.5) is 4.79 Å². The lowest BCUT2D eigenvalue weighted by Crippen LogP contribution is -2.17. The lowest BCUT2D eigenvalue weighted by atomic mass is 10.0. The summed E-state index contributed by atoms with van der Waals surface area (Å²) in [5.41, 5.74) is 2.30. The number of rotatable bonds is 4. The van der Waals surface area contributed by atoms with Crippen molar-refractivity contribution < 1.29 is 14.0 Å². The van der Waals surface area contributed by atoms with Crippen LogP contribution < -0.4 is 5.32 Å². The summed E-state index contributed by atoms with van der Waals surface area (Å²) in [6.07, 6.45) is 3.64. The van der Waals surface area contributed by atoms with Crippen LogP contribution in [0.5, 0.6) is 0 Å². The molecule has 22 heavy (non-hydrogen) atoms. The molecule has 1 aromatic carbocycles. The van der Waals surface area contributed by atoms with Crippen LogP contribution in [0.1, 0.15) is 24.7 Å². The number of nitrogens with one attached hydrogen (secondary N) is 1. The maximum atomic E-state index is 11.5. The minimum absolute atomic E-state index is 0.351. The minimum atomic E-state index is -0.376. The SMILES string of the molecule is CCCc1ccccc1-c1ccc(/C=C2\SC(=O)NC2=O)o1. The lowest BCUT2D eigenvalue weighted by Gasteiger charge is -2.05. The van der Waals surface area contributed by atoms with Gasteiger partial charge in [-0.1, -0.05) is 37.6 Å². The van der Waals surface area contributed by atoms with Gasteiger partial charge in [0.2, 0.25) is 0 Å². The summed E-state index contributed by atoms with van der Waals surface area (Å²) in [5.74, 6) is 0.957. The van der Waals surface area contributed by atoms with E-state index in [9.17, 15) is 9.59 Å². The molecule has 3 rings (SSSR count). The van der Waals surface area contributed by atoms with Crippen molar-refractivity contribution >= 4 is 29.0 Å². The molecular weight excluding hydrogens is 298 g/mol. The predicted molar refractivity (Wildman–Crippen MR) is 87.2 cm³/mol. The number of aryl methyl sites for hydroxylation is 1. The Hall–Kier alpha value is -2.27. The molecule has 1 N–H and O–H groups in total. The molecule has 1 saturated heterocycles. The molecule has 0 unspecified atom stereocenters. The van der Waals surface area contributed by atoms with E-state index in [0.717, 1.165) is 35.9 Å². The van der Waals surface area contributed by atoms with Crippen molar-refractivity contribution in [2.75, 3.05) is 0 Å². The maximum Gasteiger partial charge on any atom is 0.290 e. The Balaban J connectivity index is 1.90. The van der Waals surface area contributed by atoms with Crippen LogP contribution in [-0.4, -0.2) is 11.1 Å². The molecule has 0 atom stereocenters. The van der Waals surface area contributed by atoms with Gasteiger partial charge in [-0.05, 0) is 35.9 Å². The van der Waals surface area contributed by atoms with Crippen molar-refractivity contribution in [1.82, 2.24) is 5.32 Å². The molecule has 112 valence electrons. The van der Waals surface area contributed by atoms with E-state index in [1.54, 1.807) is 6.08 Å². The van der Waals surface area contributed by atoms with Gasteiger partial charge in [0.25, 0.3) is 11.1 Å². The largest absolute Gasteiger partial charge is 0.457 e. The third-order valence-corrected chi connectivity index (χ3v) is 4.15. The number of benzene rings is 1. The van der Waals surface area contributed by atoms with E-state index >= 15 is 0 Å². The van der Waals surface area contributed by atoms with E-state index in [1.165, 1.54) is 5.56 Å². The average molecular weight is 313 g/mol. The molecule has 0 spiro atoms. The lowest BCUT2D eigenvalue weighted by molar-refractivity contribution is -0.115. The second-order valence-electron chi connectivity index (χ2n) is 4.96. The van der Waals surface area contributed by atoms with Crippen LogP contribution in [0.3, 0.4) is 0 Å². The summed E-state index contributed by atoms with van der Waals surface area (Å²) in [7, 11) is 0. The van der Waals surface area contributed by atoms with Gasteiger partial charge in [-0.25, -0.2) is 0 Å². The summed E-state index contributed by atoms with van der Waals surface area (Å²) < 4.78 is 5.82. The Morgan fingerprint density at radius 3 is 2.73 bits per heavy atom. The molecular formula is C17H15NO3S. The Morgan fingerprint density at radius 2 is 2.00 bits per heavy atom. The van der Waals surface area contributed by atoms with Gasteiger partial charge in [0.1, 0.15) is 11.5 Å². The van der Waals surface area contributed by atoms with Gasteiger partial charge in [0, 0.05) is 11.6 Å².